The van der Waals surface area contributed by atoms with Crippen molar-refractivity contribution >= 4 is 22.5 Å². The molecule has 0 saturated carbocycles. The van der Waals surface area contributed by atoms with E-state index in [-0.39, 0.29) is 0 Å². The summed E-state index contributed by atoms with van der Waals surface area (Å²) < 4.78 is 0. The Bertz CT molecular complexity index is 1000. The van der Waals surface area contributed by atoms with Gasteiger partial charge in [0.2, 0.25) is 0 Å². The Hall–Kier alpha value is -2.69. The van der Waals surface area contributed by atoms with E-state index in [0.717, 1.165) is 6.16 Å². The Kier molecular flexibility index (Phi) is 8.36. The predicted molar refractivity (Wildman–Crippen MR) is 154 cm³/mol. The normalized spacial score (nSPS) is 12.7. The molecule has 34 heavy (non-hydrogen) atoms. The Morgan fingerprint density at radius 1 is 0.441 bits per heavy atom. The van der Waals surface area contributed by atoms with Crippen molar-refractivity contribution in [1.29, 1.82) is 0 Å². The number of hydrogen-bond donors (Lipinski definition) is 0. The summed E-state index contributed by atoms with van der Waals surface area (Å²) in [5, 5.41) is 4.55. The summed E-state index contributed by atoms with van der Waals surface area (Å²) in [5.41, 5.74) is 1.43. The van der Waals surface area contributed by atoms with Gasteiger partial charge in [-0.2, -0.15) is 0 Å². The van der Waals surface area contributed by atoms with Crippen LogP contribution >= 0.6 is 6.60 Å². The fraction of sp³-hybridized carbons (Fsp3) is 0.273. The summed E-state index contributed by atoms with van der Waals surface area (Å²) in [6.07, 6.45) is 10.2. The Labute approximate surface area is 207 Å². The van der Waals surface area contributed by atoms with Gasteiger partial charge in [-0.1, -0.05) is 0 Å². The molecule has 4 aromatic carbocycles. The molecule has 0 heterocycles. The van der Waals surface area contributed by atoms with Crippen molar-refractivity contribution in [3.8, 4) is 0 Å². The first-order valence-corrected chi connectivity index (χ1v) is 15.6. The molecule has 4 aromatic rings. The van der Waals surface area contributed by atoms with Gasteiger partial charge >= 0.3 is 207 Å². The average molecular weight is 467 g/mol. The summed E-state index contributed by atoms with van der Waals surface area (Å²) in [6.45, 7) is -0.510. The molecule has 0 N–H and O–H groups in total. The second kappa shape index (κ2) is 11.6. The van der Waals surface area contributed by atoms with Crippen LogP contribution in [-0.2, 0) is 6.16 Å². The van der Waals surface area contributed by atoms with Crippen LogP contribution in [0.4, 0.5) is 0 Å². The van der Waals surface area contributed by atoms with Gasteiger partial charge in [-0.25, -0.2) is 0 Å². The third kappa shape index (κ3) is 4.89. The molecule has 0 radical (unpaired) electrons. The van der Waals surface area contributed by atoms with Gasteiger partial charge in [-0.05, 0) is 0 Å². The topological polar surface area (TPSA) is 0 Å². The average Bonchev–Trinajstić information content (AvgIpc) is 2.92. The molecule has 0 aliphatic heterocycles. The molecule has 176 valence electrons. The number of benzene rings is 4. The first kappa shape index (κ1) is 24.4. The second-order valence-electron chi connectivity index (χ2n) is 9.65. The molecule has 0 aliphatic rings. The molecule has 0 unspecified atom stereocenters. The van der Waals surface area contributed by atoms with Crippen LogP contribution in [-0.4, -0.2) is 6.16 Å². The zero-order valence-corrected chi connectivity index (χ0v) is 21.5. The number of unbranched alkanes of at least 4 members (excludes halogenated alkanes) is 5. The molecule has 0 spiro atoms. The van der Waals surface area contributed by atoms with Crippen molar-refractivity contribution in [2.24, 2.45) is 0 Å². The molecule has 1 heteroatoms. The molecular weight excluding hydrogens is 427 g/mol. The van der Waals surface area contributed by atoms with Crippen molar-refractivity contribution < 1.29 is 0 Å². The molecule has 0 aliphatic carbocycles. The van der Waals surface area contributed by atoms with Crippen molar-refractivity contribution in [3.63, 3.8) is 0 Å². The molecule has 0 fully saturated rings. The van der Waals surface area contributed by atoms with Crippen LogP contribution < -0.4 is 15.9 Å². The van der Waals surface area contributed by atoms with E-state index in [4.69, 9.17) is 0 Å². The van der Waals surface area contributed by atoms with E-state index >= 15 is 0 Å². The molecule has 0 saturated heterocycles. The van der Waals surface area contributed by atoms with Gasteiger partial charge in [0.05, 0.1) is 0 Å². The maximum absolute atomic E-state index is 2.81. The molecule has 0 amide bonds. The molecule has 0 bridgehead atoms. The molecule has 0 aromatic heterocycles. The van der Waals surface area contributed by atoms with Crippen LogP contribution in [0, 0.1) is 0 Å². The maximum atomic E-state index is 2.41. The molecule has 0 atom stereocenters. The standard InChI is InChI=1S/C33H39P/c1-2-3-4-5-6-19-28-34(31-22-13-8-14-23-31,32-24-15-9-16-25-32,33-26-17-10-18-27-33)29-30-20-11-7-12-21-30/h7-18,20-27H,2-6,19,28-29H2,1H3. The van der Waals surface area contributed by atoms with Gasteiger partial charge < -0.3 is 0 Å². The van der Waals surface area contributed by atoms with E-state index < -0.39 is 6.60 Å². The first-order valence-electron chi connectivity index (χ1n) is 13.0. The van der Waals surface area contributed by atoms with Gasteiger partial charge in [0.25, 0.3) is 0 Å². The van der Waals surface area contributed by atoms with Crippen LogP contribution in [0.1, 0.15) is 51.0 Å². The summed E-state index contributed by atoms with van der Waals surface area (Å²) in [6, 6.07) is 45.7. The van der Waals surface area contributed by atoms with Gasteiger partial charge in [-0.3, -0.25) is 0 Å². The third-order valence-corrected chi connectivity index (χ3v) is 14.5. The molecular formula is C33H39P. The van der Waals surface area contributed by atoms with Crippen LogP contribution in [0.5, 0.6) is 0 Å². The summed E-state index contributed by atoms with van der Waals surface area (Å²) in [4.78, 5) is 0. The number of rotatable bonds is 12. The predicted octanol–water partition coefficient (Wildman–Crippen LogP) is 8.08. The second-order valence-corrected chi connectivity index (χ2v) is 15.0. The zero-order chi connectivity index (χ0) is 23.6. The van der Waals surface area contributed by atoms with Crippen molar-refractivity contribution in [3.05, 3.63) is 127 Å². The van der Waals surface area contributed by atoms with Crippen LogP contribution in [0.2, 0.25) is 0 Å². The zero-order valence-electron chi connectivity index (χ0n) is 20.7. The minimum absolute atomic E-state index is 1.07. The summed E-state index contributed by atoms with van der Waals surface area (Å²) in [7, 11) is 0. The van der Waals surface area contributed by atoms with Crippen LogP contribution in [0.15, 0.2) is 121 Å². The van der Waals surface area contributed by atoms with Crippen molar-refractivity contribution in [1.82, 2.24) is 0 Å². The molecule has 4 rings (SSSR count). The van der Waals surface area contributed by atoms with E-state index in [1.807, 2.05) is 0 Å². The first-order chi connectivity index (χ1) is 16.8. The fourth-order valence-electron chi connectivity index (χ4n) is 5.78. The van der Waals surface area contributed by atoms with E-state index in [0.29, 0.717) is 0 Å². The summed E-state index contributed by atoms with van der Waals surface area (Å²) >= 11 is 0. The SMILES string of the molecule is CCCCCCCCP(Cc1ccccc1)(c1ccccc1)(c1ccccc1)c1ccccc1. The van der Waals surface area contributed by atoms with Gasteiger partial charge in [-0.15, -0.1) is 0 Å². The fourth-order valence-corrected chi connectivity index (χ4v) is 12.8. The Morgan fingerprint density at radius 3 is 1.26 bits per heavy atom. The van der Waals surface area contributed by atoms with Crippen molar-refractivity contribution in [2.45, 2.75) is 51.6 Å². The quantitative estimate of drug-likeness (QED) is 0.146. The van der Waals surface area contributed by atoms with Gasteiger partial charge in [0.15, 0.2) is 0 Å². The van der Waals surface area contributed by atoms with E-state index in [1.54, 1.807) is 0 Å². The summed E-state index contributed by atoms with van der Waals surface area (Å²) in [5.74, 6) is 0. The minimum atomic E-state index is -2.81. The Morgan fingerprint density at radius 2 is 0.824 bits per heavy atom. The monoisotopic (exact) mass is 466 g/mol. The van der Waals surface area contributed by atoms with Gasteiger partial charge in [0.1, 0.15) is 0 Å². The third-order valence-electron chi connectivity index (χ3n) is 7.52. The van der Waals surface area contributed by atoms with E-state index in [9.17, 15) is 0 Å². The van der Waals surface area contributed by atoms with E-state index in [1.165, 1.54) is 66.2 Å². The Balaban J connectivity index is 1.96. The van der Waals surface area contributed by atoms with Gasteiger partial charge in [0, 0.05) is 0 Å². The molecule has 0 nitrogen and oxygen atoms in total. The van der Waals surface area contributed by atoms with Crippen LogP contribution in [0.3, 0.4) is 0 Å². The van der Waals surface area contributed by atoms with Crippen molar-refractivity contribution in [2.75, 3.05) is 6.16 Å². The van der Waals surface area contributed by atoms with Crippen LogP contribution in [0.25, 0.3) is 0 Å². The van der Waals surface area contributed by atoms with E-state index in [2.05, 4.69) is 128 Å². The number of hydrogen-bond acceptors (Lipinski definition) is 0.